The zero-order chi connectivity index (χ0) is 9.30. The minimum absolute atomic E-state index is 0.199. The van der Waals surface area contributed by atoms with E-state index in [0.717, 1.165) is 11.1 Å². The van der Waals surface area contributed by atoms with E-state index < -0.39 is 0 Å². The molecular weight excluding hydrogens is 175 g/mol. The molecule has 0 atom stereocenters. The molecule has 66 valence electrons. The van der Waals surface area contributed by atoms with Gasteiger partial charge in [-0.25, -0.2) is 4.39 Å². The molecule has 0 bridgehead atoms. The van der Waals surface area contributed by atoms with Gasteiger partial charge in [-0.3, -0.25) is 0 Å². The van der Waals surface area contributed by atoms with Crippen molar-refractivity contribution in [3.8, 4) is 0 Å². The summed E-state index contributed by atoms with van der Waals surface area (Å²) in [4.78, 5) is 0. The van der Waals surface area contributed by atoms with Gasteiger partial charge in [0.2, 0.25) is 0 Å². The summed E-state index contributed by atoms with van der Waals surface area (Å²) in [5.74, 6) is 0.0114. The van der Waals surface area contributed by atoms with Gasteiger partial charge in [0.05, 0.1) is 0 Å². The lowest BCUT2D eigenvalue weighted by Gasteiger charge is -2.10. The maximum atomic E-state index is 13.3. The Labute approximate surface area is 77.4 Å². The van der Waals surface area contributed by atoms with E-state index in [1.807, 2.05) is 20.8 Å². The second-order valence-electron chi connectivity index (χ2n) is 3.27. The molecule has 1 rings (SSSR count). The van der Waals surface area contributed by atoms with Crippen molar-refractivity contribution in [2.45, 2.75) is 26.7 Å². The van der Waals surface area contributed by atoms with Crippen molar-refractivity contribution in [1.82, 2.24) is 0 Å². The molecular formula is C10H12ClF. The molecule has 1 aromatic rings. The Kier molecular flexibility index (Phi) is 2.73. The van der Waals surface area contributed by atoms with Crippen LogP contribution in [0.25, 0.3) is 0 Å². The topological polar surface area (TPSA) is 0 Å². The summed E-state index contributed by atoms with van der Waals surface area (Å²) in [5, 5.41) is 0.467. The van der Waals surface area contributed by atoms with Gasteiger partial charge < -0.3 is 0 Å². The first kappa shape index (κ1) is 9.53. The zero-order valence-corrected chi connectivity index (χ0v) is 8.24. The van der Waals surface area contributed by atoms with E-state index in [2.05, 4.69) is 0 Å². The molecule has 1 aromatic carbocycles. The SMILES string of the molecule is Cc1cc(Cl)cc(F)c1C(C)C. The van der Waals surface area contributed by atoms with Gasteiger partial charge in [0.1, 0.15) is 5.82 Å². The Balaban J connectivity index is 3.28. The van der Waals surface area contributed by atoms with Gasteiger partial charge in [0.25, 0.3) is 0 Å². The van der Waals surface area contributed by atoms with Crippen LogP contribution >= 0.6 is 11.6 Å². The highest BCUT2D eigenvalue weighted by Crippen LogP contribution is 2.25. The molecule has 0 spiro atoms. The van der Waals surface area contributed by atoms with E-state index in [-0.39, 0.29) is 11.7 Å². The minimum Gasteiger partial charge on any atom is -0.207 e. The Morgan fingerprint density at radius 3 is 2.33 bits per heavy atom. The molecule has 0 aliphatic carbocycles. The van der Waals surface area contributed by atoms with Crippen LogP contribution in [0.4, 0.5) is 4.39 Å². The second kappa shape index (κ2) is 3.44. The third kappa shape index (κ3) is 1.78. The molecule has 0 radical (unpaired) electrons. The number of halogens is 2. The molecule has 0 saturated heterocycles. The van der Waals surface area contributed by atoms with E-state index in [1.165, 1.54) is 6.07 Å². The van der Waals surface area contributed by atoms with Crippen LogP contribution in [0.5, 0.6) is 0 Å². The first-order valence-corrected chi connectivity index (χ1v) is 4.35. The highest BCUT2D eigenvalue weighted by atomic mass is 35.5. The van der Waals surface area contributed by atoms with Crippen molar-refractivity contribution < 1.29 is 4.39 Å². The van der Waals surface area contributed by atoms with E-state index in [4.69, 9.17) is 11.6 Å². The molecule has 0 nitrogen and oxygen atoms in total. The van der Waals surface area contributed by atoms with Gasteiger partial charge in [-0.1, -0.05) is 25.4 Å². The van der Waals surface area contributed by atoms with Gasteiger partial charge in [-0.2, -0.15) is 0 Å². The maximum absolute atomic E-state index is 13.3. The summed E-state index contributed by atoms with van der Waals surface area (Å²) in [5.41, 5.74) is 1.69. The van der Waals surface area contributed by atoms with Gasteiger partial charge in [-0.05, 0) is 36.1 Å². The molecule has 0 fully saturated rings. The van der Waals surface area contributed by atoms with Crippen LogP contribution < -0.4 is 0 Å². The van der Waals surface area contributed by atoms with E-state index in [9.17, 15) is 4.39 Å². The second-order valence-corrected chi connectivity index (χ2v) is 3.71. The average Bonchev–Trinajstić information content (AvgIpc) is 1.82. The summed E-state index contributed by atoms with van der Waals surface area (Å²) in [6.07, 6.45) is 0. The number of benzene rings is 1. The van der Waals surface area contributed by atoms with Crippen molar-refractivity contribution >= 4 is 11.6 Å². The van der Waals surface area contributed by atoms with Crippen LogP contribution in [0, 0.1) is 12.7 Å². The van der Waals surface area contributed by atoms with Crippen LogP contribution in [0.1, 0.15) is 30.9 Å². The number of aryl methyl sites for hydroxylation is 1. The van der Waals surface area contributed by atoms with Crippen molar-refractivity contribution in [1.29, 1.82) is 0 Å². The Morgan fingerprint density at radius 2 is 1.92 bits per heavy atom. The Hall–Kier alpha value is -0.560. The summed E-state index contributed by atoms with van der Waals surface area (Å²) < 4.78 is 13.3. The normalized spacial score (nSPS) is 10.8. The summed E-state index contributed by atoms with van der Waals surface area (Å²) in [7, 11) is 0. The largest absolute Gasteiger partial charge is 0.207 e. The van der Waals surface area contributed by atoms with Crippen LogP contribution in [0.2, 0.25) is 5.02 Å². The molecule has 0 N–H and O–H groups in total. The van der Waals surface area contributed by atoms with E-state index in [1.54, 1.807) is 6.07 Å². The summed E-state index contributed by atoms with van der Waals surface area (Å²) >= 11 is 5.69. The standard InChI is InChI=1S/C10H12ClF/c1-6(2)10-7(3)4-8(11)5-9(10)12/h4-6H,1-3H3. The van der Waals surface area contributed by atoms with Crippen molar-refractivity contribution in [2.24, 2.45) is 0 Å². The molecule has 2 heteroatoms. The summed E-state index contributed by atoms with van der Waals surface area (Å²) in [6, 6.07) is 3.16. The molecule has 0 unspecified atom stereocenters. The predicted molar refractivity (Wildman–Crippen MR) is 50.2 cm³/mol. The minimum atomic E-state index is -0.199. The Morgan fingerprint density at radius 1 is 1.33 bits per heavy atom. The smallest absolute Gasteiger partial charge is 0.128 e. The third-order valence-electron chi connectivity index (χ3n) is 1.88. The molecule has 0 aromatic heterocycles. The quantitative estimate of drug-likeness (QED) is 0.624. The maximum Gasteiger partial charge on any atom is 0.128 e. The van der Waals surface area contributed by atoms with Crippen molar-refractivity contribution in [2.75, 3.05) is 0 Å². The third-order valence-corrected chi connectivity index (χ3v) is 2.10. The van der Waals surface area contributed by atoms with Crippen LogP contribution in [0.15, 0.2) is 12.1 Å². The predicted octanol–water partition coefficient (Wildman–Crippen LogP) is 3.91. The first-order chi connectivity index (χ1) is 5.52. The molecule has 0 heterocycles. The monoisotopic (exact) mass is 186 g/mol. The molecule has 0 aliphatic heterocycles. The van der Waals surface area contributed by atoms with Gasteiger partial charge in [-0.15, -0.1) is 0 Å². The van der Waals surface area contributed by atoms with Gasteiger partial charge >= 0.3 is 0 Å². The lowest BCUT2D eigenvalue weighted by molar-refractivity contribution is 0.596. The van der Waals surface area contributed by atoms with Gasteiger partial charge in [0.15, 0.2) is 0 Å². The number of hydrogen-bond donors (Lipinski definition) is 0. The Bertz CT molecular complexity index is 269. The molecule has 12 heavy (non-hydrogen) atoms. The van der Waals surface area contributed by atoms with E-state index in [0.29, 0.717) is 5.02 Å². The molecule has 0 saturated carbocycles. The number of rotatable bonds is 1. The lowest BCUT2D eigenvalue weighted by Crippen LogP contribution is -1.96. The van der Waals surface area contributed by atoms with Crippen LogP contribution in [-0.2, 0) is 0 Å². The molecule has 0 aliphatic rings. The lowest BCUT2D eigenvalue weighted by atomic mass is 9.98. The molecule has 0 amide bonds. The highest BCUT2D eigenvalue weighted by Gasteiger charge is 2.10. The van der Waals surface area contributed by atoms with Crippen molar-refractivity contribution in [3.05, 3.63) is 34.1 Å². The van der Waals surface area contributed by atoms with Crippen LogP contribution in [-0.4, -0.2) is 0 Å². The van der Waals surface area contributed by atoms with Gasteiger partial charge in [0, 0.05) is 5.02 Å². The van der Waals surface area contributed by atoms with E-state index >= 15 is 0 Å². The first-order valence-electron chi connectivity index (χ1n) is 3.98. The van der Waals surface area contributed by atoms with Crippen molar-refractivity contribution in [3.63, 3.8) is 0 Å². The fourth-order valence-corrected chi connectivity index (χ4v) is 1.70. The highest BCUT2D eigenvalue weighted by molar-refractivity contribution is 6.30. The fourth-order valence-electron chi connectivity index (χ4n) is 1.44. The zero-order valence-electron chi connectivity index (χ0n) is 7.49. The summed E-state index contributed by atoms with van der Waals surface area (Å²) in [6.45, 7) is 5.82. The number of hydrogen-bond acceptors (Lipinski definition) is 0. The fraction of sp³-hybridized carbons (Fsp3) is 0.400. The average molecular weight is 187 g/mol. The van der Waals surface area contributed by atoms with Crippen LogP contribution in [0.3, 0.4) is 0 Å².